The summed E-state index contributed by atoms with van der Waals surface area (Å²) >= 11 is 5.88. The number of ketones is 1. The van der Waals surface area contributed by atoms with Crippen molar-refractivity contribution >= 4 is 28.5 Å². The first-order valence-electron chi connectivity index (χ1n) is 7.28. The lowest BCUT2D eigenvalue weighted by atomic mass is 10.1. The second-order valence-corrected chi connectivity index (χ2v) is 5.62. The van der Waals surface area contributed by atoms with Gasteiger partial charge in [-0.3, -0.25) is 9.36 Å². The first kappa shape index (κ1) is 14.5. The largest absolute Gasteiger partial charge is 0.287 e. The van der Waals surface area contributed by atoms with Gasteiger partial charge in [0.2, 0.25) is 5.78 Å². The number of benzene rings is 2. The summed E-state index contributed by atoms with van der Waals surface area (Å²) in [6.45, 7) is 0. The van der Waals surface area contributed by atoms with Gasteiger partial charge >= 0.3 is 0 Å². The zero-order valence-electron chi connectivity index (χ0n) is 12.4. The van der Waals surface area contributed by atoms with Crippen LogP contribution < -0.4 is 0 Å². The summed E-state index contributed by atoms with van der Waals surface area (Å²) in [5.41, 5.74) is 2.77. The van der Waals surface area contributed by atoms with Crippen LogP contribution in [0.3, 0.4) is 0 Å². The molecule has 0 unspecified atom stereocenters. The first-order valence-corrected chi connectivity index (χ1v) is 7.65. The van der Waals surface area contributed by atoms with E-state index in [9.17, 15) is 4.79 Å². The average molecular weight is 335 g/mol. The number of fused-ring (bicyclic) bond motifs is 1. The van der Waals surface area contributed by atoms with Crippen LogP contribution in [-0.4, -0.2) is 25.3 Å². The van der Waals surface area contributed by atoms with Crippen molar-refractivity contribution in [1.82, 2.24) is 19.5 Å². The molecule has 0 aliphatic rings. The maximum atomic E-state index is 12.7. The van der Waals surface area contributed by atoms with E-state index < -0.39 is 0 Å². The predicted molar refractivity (Wildman–Crippen MR) is 91.5 cm³/mol. The number of halogens is 1. The number of nitrogens with zero attached hydrogens (tertiary/aromatic N) is 4. The van der Waals surface area contributed by atoms with Crippen LogP contribution in [-0.2, 0) is 0 Å². The van der Waals surface area contributed by atoms with Gasteiger partial charge in [0, 0.05) is 16.3 Å². The van der Waals surface area contributed by atoms with Crippen molar-refractivity contribution in [1.29, 1.82) is 0 Å². The van der Waals surface area contributed by atoms with E-state index in [1.165, 1.54) is 6.33 Å². The van der Waals surface area contributed by atoms with Crippen molar-refractivity contribution in [3.8, 4) is 5.69 Å². The van der Waals surface area contributed by atoms with Crippen molar-refractivity contribution in [3.63, 3.8) is 0 Å². The molecule has 2 aromatic carbocycles. The lowest BCUT2D eigenvalue weighted by Crippen LogP contribution is -2.06. The topological polar surface area (TPSA) is 60.7 Å². The van der Waals surface area contributed by atoms with E-state index in [-0.39, 0.29) is 11.5 Å². The fourth-order valence-corrected chi connectivity index (χ4v) is 2.64. The van der Waals surface area contributed by atoms with Gasteiger partial charge in [0.25, 0.3) is 0 Å². The minimum atomic E-state index is -0.211. The molecule has 0 aliphatic heterocycles. The normalized spacial score (nSPS) is 10.9. The molecule has 0 saturated heterocycles. The van der Waals surface area contributed by atoms with Crippen LogP contribution in [0.15, 0.2) is 67.3 Å². The van der Waals surface area contributed by atoms with E-state index >= 15 is 0 Å². The molecule has 5 nitrogen and oxygen atoms in total. The Bertz CT molecular complexity index is 1030. The molecule has 0 saturated carbocycles. The molecule has 0 fully saturated rings. The van der Waals surface area contributed by atoms with Crippen LogP contribution in [0, 0.1) is 0 Å². The standard InChI is InChI=1S/C18H11ClN4O/c19-13-8-6-12(7-9-13)17(24)15-16-18(21-10-20-15)23(11-22-16)14-4-2-1-3-5-14/h1-11H. The van der Waals surface area contributed by atoms with Crippen LogP contribution >= 0.6 is 11.6 Å². The molecular weight excluding hydrogens is 324 g/mol. The Morgan fingerprint density at radius 3 is 2.42 bits per heavy atom. The summed E-state index contributed by atoms with van der Waals surface area (Å²) in [6, 6.07) is 16.4. The molecule has 0 aliphatic carbocycles. The van der Waals surface area contributed by atoms with E-state index in [0.717, 1.165) is 5.69 Å². The molecular formula is C18H11ClN4O. The SMILES string of the molecule is O=C(c1ccc(Cl)cc1)c1ncnc2c1ncn2-c1ccccc1. The number of aromatic nitrogens is 4. The summed E-state index contributed by atoms with van der Waals surface area (Å²) < 4.78 is 1.83. The summed E-state index contributed by atoms with van der Waals surface area (Å²) in [5.74, 6) is -0.211. The van der Waals surface area contributed by atoms with E-state index in [4.69, 9.17) is 11.6 Å². The summed E-state index contributed by atoms with van der Waals surface area (Å²) in [4.78, 5) is 25.5. The van der Waals surface area contributed by atoms with Gasteiger partial charge in [-0.1, -0.05) is 29.8 Å². The fraction of sp³-hybridized carbons (Fsp3) is 0. The molecule has 4 aromatic rings. The van der Waals surface area contributed by atoms with E-state index in [2.05, 4.69) is 15.0 Å². The minimum absolute atomic E-state index is 0.211. The molecule has 4 rings (SSSR count). The Morgan fingerprint density at radius 2 is 1.67 bits per heavy atom. The Hall–Kier alpha value is -3.05. The van der Waals surface area contributed by atoms with Gasteiger partial charge in [-0.2, -0.15) is 0 Å². The van der Waals surface area contributed by atoms with Crippen molar-refractivity contribution in [2.75, 3.05) is 0 Å². The summed E-state index contributed by atoms with van der Waals surface area (Å²) in [5, 5.41) is 0.577. The highest BCUT2D eigenvalue weighted by Crippen LogP contribution is 2.20. The second kappa shape index (κ2) is 5.86. The van der Waals surface area contributed by atoms with E-state index in [0.29, 0.717) is 21.7 Å². The highest BCUT2D eigenvalue weighted by atomic mass is 35.5. The van der Waals surface area contributed by atoms with Crippen molar-refractivity contribution in [3.05, 3.63) is 83.5 Å². The summed E-state index contributed by atoms with van der Waals surface area (Å²) in [7, 11) is 0. The highest BCUT2D eigenvalue weighted by Gasteiger charge is 2.18. The van der Waals surface area contributed by atoms with Gasteiger partial charge in [0.1, 0.15) is 23.9 Å². The highest BCUT2D eigenvalue weighted by molar-refractivity contribution is 6.30. The molecule has 0 bridgehead atoms. The fourth-order valence-electron chi connectivity index (χ4n) is 2.52. The Labute approximate surface area is 142 Å². The Balaban J connectivity index is 1.84. The van der Waals surface area contributed by atoms with E-state index in [1.54, 1.807) is 30.6 Å². The van der Waals surface area contributed by atoms with Crippen molar-refractivity contribution < 1.29 is 4.79 Å². The molecule has 6 heteroatoms. The molecule has 2 aromatic heterocycles. The Morgan fingerprint density at radius 1 is 0.917 bits per heavy atom. The van der Waals surface area contributed by atoms with Gasteiger partial charge in [0.15, 0.2) is 5.65 Å². The van der Waals surface area contributed by atoms with Crippen molar-refractivity contribution in [2.45, 2.75) is 0 Å². The quantitative estimate of drug-likeness (QED) is 0.536. The minimum Gasteiger partial charge on any atom is -0.287 e. The van der Waals surface area contributed by atoms with Gasteiger partial charge in [0.05, 0.1) is 0 Å². The molecule has 116 valence electrons. The zero-order valence-corrected chi connectivity index (χ0v) is 13.2. The number of imidazole rings is 1. The third-order valence-corrected chi connectivity index (χ3v) is 3.94. The summed E-state index contributed by atoms with van der Waals surface area (Å²) in [6.07, 6.45) is 3.03. The van der Waals surface area contributed by atoms with Crippen LogP contribution in [0.2, 0.25) is 5.02 Å². The number of hydrogen-bond acceptors (Lipinski definition) is 4. The van der Waals surface area contributed by atoms with Crippen molar-refractivity contribution in [2.24, 2.45) is 0 Å². The molecule has 0 N–H and O–H groups in total. The number of carbonyl (C=O) groups excluding carboxylic acids is 1. The number of carbonyl (C=O) groups is 1. The number of para-hydroxylation sites is 1. The second-order valence-electron chi connectivity index (χ2n) is 5.18. The smallest absolute Gasteiger partial charge is 0.213 e. The van der Waals surface area contributed by atoms with E-state index in [1.807, 2.05) is 34.9 Å². The van der Waals surface area contributed by atoms with Gasteiger partial charge in [-0.15, -0.1) is 0 Å². The predicted octanol–water partition coefficient (Wildman–Crippen LogP) is 3.70. The Kier molecular flexibility index (Phi) is 3.55. The molecule has 0 spiro atoms. The number of rotatable bonds is 3. The first-order chi connectivity index (χ1) is 11.7. The van der Waals surface area contributed by atoms with Crippen LogP contribution in [0.25, 0.3) is 16.9 Å². The van der Waals surface area contributed by atoms with Crippen LogP contribution in [0.5, 0.6) is 0 Å². The lowest BCUT2D eigenvalue weighted by Gasteiger charge is -2.04. The van der Waals surface area contributed by atoms with Gasteiger partial charge in [-0.05, 0) is 36.4 Å². The van der Waals surface area contributed by atoms with Crippen LogP contribution in [0.4, 0.5) is 0 Å². The monoisotopic (exact) mass is 334 g/mol. The number of hydrogen-bond donors (Lipinski definition) is 0. The molecule has 0 amide bonds. The molecule has 0 atom stereocenters. The average Bonchev–Trinajstić information content (AvgIpc) is 3.06. The molecule has 0 radical (unpaired) electrons. The molecule has 24 heavy (non-hydrogen) atoms. The molecule has 2 heterocycles. The third-order valence-electron chi connectivity index (χ3n) is 3.69. The maximum absolute atomic E-state index is 12.7. The maximum Gasteiger partial charge on any atom is 0.213 e. The third kappa shape index (κ3) is 2.45. The zero-order chi connectivity index (χ0) is 16.5. The van der Waals surface area contributed by atoms with Gasteiger partial charge < -0.3 is 0 Å². The lowest BCUT2D eigenvalue weighted by molar-refractivity contribution is 0.103. The van der Waals surface area contributed by atoms with Crippen LogP contribution in [0.1, 0.15) is 16.1 Å². The van der Waals surface area contributed by atoms with Gasteiger partial charge in [-0.25, -0.2) is 15.0 Å².